The number of para-hydroxylation sites is 1. The van der Waals surface area contributed by atoms with Crippen LogP contribution in [-0.2, 0) is 5.41 Å². The van der Waals surface area contributed by atoms with Crippen molar-refractivity contribution in [2.24, 2.45) is 0 Å². The van der Waals surface area contributed by atoms with E-state index in [1.54, 1.807) is 0 Å². The summed E-state index contributed by atoms with van der Waals surface area (Å²) in [5.74, 6) is 0. The van der Waals surface area contributed by atoms with E-state index < -0.39 is 0 Å². The van der Waals surface area contributed by atoms with Crippen LogP contribution in [-0.4, -0.2) is 0 Å². The van der Waals surface area contributed by atoms with Crippen LogP contribution in [0.4, 0.5) is 0 Å². The fourth-order valence-electron chi connectivity index (χ4n) is 4.24. The molecule has 0 bridgehead atoms. The zero-order valence-corrected chi connectivity index (χ0v) is 16.6. The number of aryl methyl sites for hydroxylation is 1. The minimum atomic E-state index is -0.0455. The van der Waals surface area contributed by atoms with Gasteiger partial charge < -0.3 is 0 Å². The molecule has 2 heteroatoms. The van der Waals surface area contributed by atoms with E-state index in [0.29, 0.717) is 0 Å². The average Bonchev–Trinajstić information content (AvgIpc) is 2.96. The molecular formula is C26H24N2+2. The minimum absolute atomic E-state index is 0.0455. The molecule has 0 N–H and O–H groups in total. The van der Waals surface area contributed by atoms with Gasteiger partial charge in [-0.25, -0.2) is 0 Å². The van der Waals surface area contributed by atoms with Gasteiger partial charge in [-0.15, -0.1) is 0 Å². The van der Waals surface area contributed by atoms with Crippen molar-refractivity contribution in [3.05, 3.63) is 108 Å². The fraction of sp³-hybridized carbons (Fsp3) is 0.154. The summed E-state index contributed by atoms with van der Waals surface area (Å²) in [6, 6.07) is 23.7. The third-order valence-corrected chi connectivity index (χ3v) is 5.94. The molecule has 0 unspecified atom stereocenters. The summed E-state index contributed by atoms with van der Waals surface area (Å²) < 4.78 is 4.46. The Kier molecular flexibility index (Phi) is 3.70. The van der Waals surface area contributed by atoms with Gasteiger partial charge in [0.05, 0.1) is 0 Å². The van der Waals surface area contributed by atoms with Crippen molar-refractivity contribution in [2.75, 3.05) is 0 Å². The predicted octanol–water partition coefficient (Wildman–Crippen LogP) is 4.85. The average molecular weight is 364 g/mol. The van der Waals surface area contributed by atoms with E-state index >= 15 is 0 Å². The van der Waals surface area contributed by atoms with Crippen molar-refractivity contribution in [2.45, 2.75) is 26.2 Å². The zero-order chi connectivity index (χ0) is 19.3. The third-order valence-electron chi connectivity index (χ3n) is 5.94. The van der Waals surface area contributed by atoms with Gasteiger partial charge >= 0.3 is 0 Å². The number of pyridine rings is 2. The Labute approximate surface area is 166 Å². The number of benzene rings is 2. The third kappa shape index (κ3) is 2.56. The maximum absolute atomic E-state index is 2.33. The maximum atomic E-state index is 2.33. The lowest BCUT2D eigenvalue weighted by molar-refractivity contribution is -0.596. The van der Waals surface area contributed by atoms with Crippen molar-refractivity contribution < 1.29 is 9.13 Å². The van der Waals surface area contributed by atoms with E-state index in [2.05, 4.69) is 121 Å². The maximum Gasteiger partial charge on any atom is 0.210 e. The van der Waals surface area contributed by atoms with Crippen LogP contribution >= 0.6 is 0 Å². The second kappa shape index (κ2) is 6.13. The molecule has 0 saturated carbocycles. The second-order valence-electron chi connectivity index (χ2n) is 8.16. The van der Waals surface area contributed by atoms with E-state index in [4.69, 9.17) is 0 Å². The highest BCUT2D eigenvalue weighted by molar-refractivity contribution is 5.79. The Balaban J connectivity index is 1.63. The van der Waals surface area contributed by atoms with Gasteiger partial charge in [0.25, 0.3) is 0 Å². The summed E-state index contributed by atoms with van der Waals surface area (Å²) in [4.78, 5) is 0. The lowest BCUT2D eigenvalue weighted by atomic mass is 9.84. The highest BCUT2D eigenvalue weighted by atomic mass is 15.0. The Morgan fingerprint density at radius 1 is 0.607 bits per heavy atom. The number of hydrogen-bond acceptors (Lipinski definition) is 0. The predicted molar refractivity (Wildman–Crippen MR) is 112 cm³/mol. The number of aromatic nitrogens is 2. The molecule has 0 saturated heterocycles. The molecule has 1 aliphatic rings. The van der Waals surface area contributed by atoms with Crippen LogP contribution in [0.1, 0.15) is 30.5 Å². The molecule has 28 heavy (non-hydrogen) atoms. The molecule has 0 radical (unpaired) electrons. The normalized spacial score (nSPS) is 13.8. The van der Waals surface area contributed by atoms with E-state index in [1.807, 2.05) is 0 Å². The summed E-state index contributed by atoms with van der Waals surface area (Å²) in [5.41, 5.74) is 9.03. The van der Waals surface area contributed by atoms with Gasteiger partial charge in [-0.2, -0.15) is 9.13 Å². The Bertz CT molecular complexity index is 1170. The smallest absolute Gasteiger partial charge is 0.167 e. The molecule has 136 valence electrons. The summed E-state index contributed by atoms with van der Waals surface area (Å²) in [6.07, 6.45) is 8.93. The van der Waals surface area contributed by atoms with Crippen molar-refractivity contribution in [1.82, 2.24) is 0 Å². The number of fused-ring (bicyclic) bond motifs is 3. The lowest BCUT2D eigenvalue weighted by Gasteiger charge is -2.18. The first-order valence-electron chi connectivity index (χ1n) is 9.78. The largest absolute Gasteiger partial charge is 0.210 e. The topological polar surface area (TPSA) is 7.76 Å². The van der Waals surface area contributed by atoms with Crippen molar-refractivity contribution in [3.8, 4) is 22.5 Å². The van der Waals surface area contributed by atoms with Crippen LogP contribution < -0.4 is 9.13 Å². The highest BCUT2D eigenvalue weighted by Gasteiger charge is 2.40. The van der Waals surface area contributed by atoms with E-state index in [0.717, 1.165) is 0 Å². The van der Waals surface area contributed by atoms with Gasteiger partial charge in [0.15, 0.2) is 24.8 Å². The molecule has 0 spiro atoms. The molecule has 1 aliphatic carbocycles. The van der Waals surface area contributed by atoms with Gasteiger partial charge in [0.2, 0.25) is 11.4 Å². The number of hydrogen-bond donors (Lipinski definition) is 0. The molecule has 2 nitrogen and oxygen atoms in total. The molecule has 5 rings (SSSR count). The Morgan fingerprint density at radius 3 is 1.64 bits per heavy atom. The van der Waals surface area contributed by atoms with Crippen LogP contribution in [0.5, 0.6) is 0 Å². The first-order valence-corrected chi connectivity index (χ1v) is 9.78. The monoisotopic (exact) mass is 364 g/mol. The van der Waals surface area contributed by atoms with Gasteiger partial charge in [-0.1, -0.05) is 49.7 Å². The van der Waals surface area contributed by atoms with Gasteiger partial charge in [-0.05, 0) is 18.1 Å². The van der Waals surface area contributed by atoms with Crippen molar-refractivity contribution in [3.63, 3.8) is 0 Å². The molecule has 0 amide bonds. The first kappa shape index (κ1) is 16.9. The SMILES string of the molecule is Cc1ccc(-[n+]2ccc3c(c2)C(C)(C)c2c[n+](-c4ccccc4)ccc2-3)cc1. The molecular weight excluding hydrogens is 340 g/mol. The summed E-state index contributed by atoms with van der Waals surface area (Å²) >= 11 is 0. The first-order chi connectivity index (χ1) is 13.5. The van der Waals surface area contributed by atoms with Crippen molar-refractivity contribution >= 4 is 0 Å². The van der Waals surface area contributed by atoms with Gasteiger partial charge in [-0.3, -0.25) is 0 Å². The fourth-order valence-corrected chi connectivity index (χ4v) is 4.24. The molecule has 4 aromatic rings. The molecule has 0 fully saturated rings. The number of nitrogens with zero attached hydrogens (tertiary/aromatic N) is 2. The van der Waals surface area contributed by atoms with Crippen LogP contribution in [0, 0.1) is 6.92 Å². The standard InChI is InChI=1S/C26H24N2/c1-19-9-11-21(12-10-19)28-16-14-23-22-13-15-27(20-7-5-4-6-8-20)17-24(22)26(2,3)25(23)18-28/h4-18H,1-3H3/q+2. The van der Waals surface area contributed by atoms with Crippen LogP contribution in [0.25, 0.3) is 22.5 Å². The van der Waals surface area contributed by atoms with Crippen LogP contribution in [0.2, 0.25) is 0 Å². The van der Waals surface area contributed by atoms with Gasteiger partial charge in [0.1, 0.15) is 0 Å². The van der Waals surface area contributed by atoms with Crippen molar-refractivity contribution in [1.29, 1.82) is 0 Å². The Morgan fingerprint density at radius 2 is 1.11 bits per heavy atom. The Hall–Kier alpha value is -3.26. The summed E-state index contributed by atoms with van der Waals surface area (Å²) in [6.45, 7) is 6.78. The molecule has 2 heterocycles. The summed E-state index contributed by atoms with van der Waals surface area (Å²) in [5, 5.41) is 0. The molecule has 0 aliphatic heterocycles. The van der Waals surface area contributed by atoms with E-state index in [-0.39, 0.29) is 5.41 Å². The van der Waals surface area contributed by atoms with E-state index in [9.17, 15) is 0 Å². The van der Waals surface area contributed by atoms with E-state index in [1.165, 1.54) is 39.2 Å². The quantitative estimate of drug-likeness (QED) is 0.449. The zero-order valence-electron chi connectivity index (χ0n) is 16.6. The minimum Gasteiger partial charge on any atom is -0.167 e. The molecule has 0 atom stereocenters. The highest BCUT2D eigenvalue weighted by Crippen LogP contribution is 2.47. The number of rotatable bonds is 2. The molecule has 2 aromatic carbocycles. The molecule has 2 aromatic heterocycles. The lowest BCUT2D eigenvalue weighted by Crippen LogP contribution is -2.33. The second-order valence-corrected chi connectivity index (χ2v) is 8.16. The van der Waals surface area contributed by atoms with Crippen LogP contribution in [0.3, 0.4) is 0 Å². The van der Waals surface area contributed by atoms with Crippen LogP contribution in [0.15, 0.2) is 91.5 Å². The van der Waals surface area contributed by atoms with Gasteiger partial charge in [0, 0.05) is 52.9 Å². The summed E-state index contributed by atoms with van der Waals surface area (Å²) in [7, 11) is 0.